The van der Waals surface area contributed by atoms with E-state index in [9.17, 15) is 8.42 Å². The standard InChI is InChI=1S/C13H15N3O2S/c1-2-10-3-5-11(6-4-10)16-19(17,18)12-7-8-13(14)15-9-12/h3-9,16H,2H2,1H3,(H2,14,15). The third-order valence-corrected chi connectivity index (χ3v) is 4.05. The minimum absolute atomic E-state index is 0.0845. The summed E-state index contributed by atoms with van der Waals surface area (Å²) in [6, 6.07) is 10.1. The third kappa shape index (κ3) is 3.23. The van der Waals surface area contributed by atoms with Gasteiger partial charge < -0.3 is 5.73 Å². The fourth-order valence-corrected chi connectivity index (χ4v) is 2.58. The summed E-state index contributed by atoms with van der Waals surface area (Å²) in [6.45, 7) is 2.04. The van der Waals surface area contributed by atoms with Gasteiger partial charge in [0.1, 0.15) is 10.7 Å². The molecule has 0 spiro atoms. The third-order valence-electron chi connectivity index (χ3n) is 2.68. The highest BCUT2D eigenvalue weighted by Crippen LogP contribution is 2.16. The predicted octanol–water partition coefficient (Wildman–Crippen LogP) is 2.03. The van der Waals surface area contributed by atoms with Crippen LogP contribution in [0.1, 0.15) is 12.5 Å². The first-order valence-corrected chi connectivity index (χ1v) is 7.33. The molecule has 3 N–H and O–H groups in total. The number of rotatable bonds is 4. The van der Waals surface area contributed by atoms with E-state index in [4.69, 9.17) is 5.73 Å². The van der Waals surface area contributed by atoms with E-state index in [1.807, 2.05) is 19.1 Å². The summed E-state index contributed by atoms with van der Waals surface area (Å²) in [5, 5.41) is 0. The highest BCUT2D eigenvalue weighted by molar-refractivity contribution is 7.92. The molecule has 1 aromatic carbocycles. The summed E-state index contributed by atoms with van der Waals surface area (Å²) in [5.41, 5.74) is 7.10. The predicted molar refractivity (Wildman–Crippen MR) is 75.3 cm³/mol. The largest absolute Gasteiger partial charge is 0.384 e. The number of hydrogen-bond donors (Lipinski definition) is 2. The molecule has 0 saturated carbocycles. The number of nitrogen functional groups attached to an aromatic ring is 1. The van der Waals surface area contributed by atoms with Crippen LogP contribution in [-0.4, -0.2) is 13.4 Å². The molecule has 0 amide bonds. The number of hydrogen-bond acceptors (Lipinski definition) is 4. The minimum atomic E-state index is -3.62. The summed E-state index contributed by atoms with van der Waals surface area (Å²) in [6.07, 6.45) is 2.15. The molecule has 0 atom stereocenters. The van der Waals surface area contributed by atoms with Crippen LogP contribution < -0.4 is 10.5 Å². The Bertz CT molecular complexity index is 649. The molecule has 1 heterocycles. The summed E-state index contributed by atoms with van der Waals surface area (Å²) >= 11 is 0. The summed E-state index contributed by atoms with van der Waals surface area (Å²) in [7, 11) is -3.62. The molecular formula is C13H15N3O2S. The van der Waals surface area contributed by atoms with Crippen LogP contribution in [0.15, 0.2) is 47.5 Å². The Morgan fingerprint density at radius 1 is 1.16 bits per heavy atom. The van der Waals surface area contributed by atoms with Gasteiger partial charge in [0.05, 0.1) is 0 Å². The lowest BCUT2D eigenvalue weighted by atomic mass is 10.2. The Labute approximate surface area is 112 Å². The van der Waals surface area contributed by atoms with Crippen LogP contribution in [0.3, 0.4) is 0 Å². The van der Waals surface area contributed by atoms with Crippen molar-refractivity contribution in [2.45, 2.75) is 18.2 Å². The average Bonchev–Trinajstić information content (AvgIpc) is 2.40. The van der Waals surface area contributed by atoms with Crippen molar-refractivity contribution in [3.8, 4) is 0 Å². The van der Waals surface area contributed by atoms with Gasteiger partial charge >= 0.3 is 0 Å². The number of aryl methyl sites for hydroxylation is 1. The molecule has 0 aliphatic heterocycles. The Hall–Kier alpha value is -2.08. The second kappa shape index (κ2) is 5.27. The normalized spacial score (nSPS) is 11.2. The number of anilines is 2. The van der Waals surface area contributed by atoms with Gasteiger partial charge in [-0.25, -0.2) is 13.4 Å². The molecular weight excluding hydrogens is 262 g/mol. The molecule has 2 aromatic rings. The number of benzene rings is 1. The quantitative estimate of drug-likeness (QED) is 0.895. The molecule has 0 fully saturated rings. The van der Waals surface area contributed by atoms with Gasteiger partial charge in [-0.15, -0.1) is 0 Å². The van der Waals surface area contributed by atoms with Gasteiger partial charge in [-0.1, -0.05) is 19.1 Å². The maximum atomic E-state index is 12.1. The average molecular weight is 277 g/mol. The number of nitrogens with zero attached hydrogens (tertiary/aromatic N) is 1. The Morgan fingerprint density at radius 2 is 1.84 bits per heavy atom. The number of pyridine rings is 1. The molecule has 0 radical (unpaired) electrons. The Morgan fingerprint density at radius 3 is 2.37 bits per heavy atom. The first kappa shape index (κ1) is 13.4. The van der Waals surface area contributed by atoms with Crippen LogP contribution in [0.2, 0.25) is 0 Å². The first-order valence-electron chi connectivity index (χ1n) is 5.84. The van der Waals surface area contributed by atoms with Crippen molar-refractivity contribution in [3.63, 3.8) is 0 Å². The van der Waals surface area contributed by atoms with Crippen molar-refractivity contribution >= 4 is 21.5 Å². The molecule has 6 heteroatoms. The van der Waals surface area contributed by atoms with Crippen molar-refractivity contribution in [2.75, 3.05) is 10.5 Å². The maximum Gasteiger partial charge on any atom is 0.263 e. The van der Waals surface area contributed by atoms with Crippen LogP contribution in [-0.2, 0) is 16.4 Å². The number of sulfonamides is 1. The molecule has 0 unspecified atom stereocenters. The monoisotopic (exact) mass is 277 g/mol. The van der Waals surface area contributed by atoms with E-state index in [2.05, 4.69) is 9.71 Å². The van der Waals surface area contributed by atoms with E-state index in [-0.39, 0.29) is 10.7 Å². The van der Waals surface area contributed by atoms with E-state index in [1.54, 1.807) is 12.1 Å². The second-order valence-corrected chi connectivity index (χ2v) is 5.76. The van der Waals surface area contributed by atoms with E-state index in [0.717, 1.165) is 12.0 Å². The zero-order valence-corrected chi connectivity index (χ0v) is 11.3. The Kier molecular flexibility index (Phi) is 3.71. The zero-order chi connectivity index (χ0) is 13.9. The lowest BCUT2D eigenvalue weighted by molar-refractivity contribution is 0.601. The minimum Gasteiger partial charge on any atom is -0.384 e. The lowest BCUT2D eigenvalue weighted by Gasteiger charge is -2.08. The van der Waals surface area contributed by atoms with Gasteiger partial charge in [0.2, 0.25) is 0 Å². The summed E-state index contributed by atoms with van der Waals surface area (Å²) < 4.78 is 26.6. The van der Waals surface area contributed by atoms with E-state index >= 15 is 0 Å². The molecule has 2 rings (SSSR count). The highest BCUT2D eigenvalue weighted by atomic mass is 32.2. The topological polar surface area (TPSA) is 85.1 Å². The van der Waals surface area contributed by atoms with Gasteiger partial charge in [0, 0.05) is 11.9 Å². The molecule has 0 aliphatic carbocycles. The number of aromatic nitrogens is 1. The van der Waals surface area contributed by atoms with E-state index in [0.29, 0.717) is 5.69 Å². The van der Waals surface area contributed by atoms with Crippen LogP contribution in [0, 0.1) is 0 Å². The van der Waals surface area contributed by atoms with Crippen molar-refractivity contribution in [1.82, 2.24) is 4.98 Å². The molecule has 100 valence electrons. The lowest BCUT2D eigenvalue weighted by Crippen LogP contribution is -2.13. The molecule has 0 bridgehead atoms. The first-order chi connectivity index (χ1) is 9.01. The molecule has 1 aromatic heterocycles. The SMILES string of the molecule is CCc1ccc(NS(=O)(=O)c2ccc(N)nc2)cc1. The van der Waals surface area contributed by atoms with Crippen LogP contribution >= 0.6 is 0 Å². The number of nitrogens with one attached hydrogen (secondary N) is 1. The van der Waals surface area contributed by atoms with Crippen LogP contribution in [0.4, 0.5) is 11.5 Å². The maximum absolute atomic E-state index is 12.1. The fraction of sp³-hybridized carbons (Fsp3) is 0.154. The molecule has 19 heavy (non-hydrogen) atoms. The second-order valence-electron chi connectivity index (χ2n) is 4.07. The Balaban J connectivity index is 2.23. The van der Waals surface area contributed by atoms with Gasteiger partial charge in [0.25, 0.3) is 10.0 Å². The molecule has 0 saturated heterocycles. The van der Waals surface area contributed by atoms with Gasteiger partial charge in [-0.2, -0.15) is 0 Å². The van der Waals surface area contributed by atoms with Crippen molar-refractivity contribution < 1.29 is 8.42 Å². The van der Waals surface area contributed by atoms with Crippen molar-refractivity contribution in [3.05, 3.63) is 48.2 Å². The zero-order valence-electron chi connectivity index (χ0n) is 10.5. The van der Waals surface area contributed by atoms with E-state index < -0.39 is 10.0 Å². The highest BCUT2D eigenvalue weighted by Gasteiger charge is 2.14. The number of nitrogens with two attached hydrogens (primary N) is 1. The van der Waals surface area contributed by atoms with Crippen molar-refractivity contribution in [1.29, 1.82) is 0 Å². The van der Waals surface area contributed by atoms with Crippen LogP contribution in [0.25, 0.3) is 0 Å². The smallest absolute Gasteiger partial charge is 0.263 e. The fourth-order valence-electron chi connectivity index (χ4n) is 1.57. The van der Waals surface area contributed by atoms with E-state index in [1.165, 1.54) is 18.3 Å². The van der Waals surface area contributed by atoms with Gasteiger partial charge in [0.15, 0.2) is 0 Å². The van der Waals surface area contributed by atoms with Gasteiger partial charge in [-0.3, -0.25) is 4.72 Å². The molecule has 5 nitrogen and oxygen atoms in total. The summed E-state index contributed by atoms with van der Waals surface area (Å²) in [5.74, 6) is 0.284. The summed E-state index contributed by atoms with van der Waals surface area (Å²) in [4.78, 5) is 3.86. The van der Waals surface area contributed by atoms with Crippen molar-refractivity contribution in [2.24, 2.45) is 0 Å². The van der Waals surface area contributed by atoms with Crippen LogP contribution in [0.5, 0.6) is 0 Å². The van der Waals surface area contributed by atoms with Gasteiger partial charge in [-0.05, 0) is 36.2 Å². The molecule has 0 aliphatic rings.